The van der Waals surface area contributed by atoms with E-state index >= 15 is 0 Å². The van der Waals surface area contributed by atoms with Gasteiger partial charge < -0.3 is 14.8 Å². The summed E-state index contributed by atoms with van der Waals surface area (Å²) < 4.78 is 12.6. The maximum absolute atomic E-state index is 13.3. The van der Waals surface area contributed by atoms with Crippen LogP contribution >= 0.6 is 0 Å². The van der Waals surface area contributed by atoms with Crippen LogP contribution in [-0.2, 0) is 4.79 Å². The maximum Gasteiger partial charge on any atom is 0.226 e. The molecule has 2 aliphatic rings. The van der Waals surface area contributed by atoms with Crippen LogP contribution in [0.1, 0.15) is 38.3 Å². The molecule has 1 aromatic carbocycles. The molecule has 0 saturated heterocycles. The second kappa shape index (κ2) is 7.47. The zero-order valence-corrected chi connectivity index (χ0v) is 18.5. The monoisotopic (exact) mass is 431 g/mol. The number of nitrogens with zero attached hydrogens (tertiary/aromatic N) is 4. The van der Waals surface area contributed by atoms with Gasteiger partial charge in [-0.15, -0.1) is 5.10 Å². The van der Waals surface area contributed by atoms with Gasteiger partial charge in [0.1, 0.15) is 6.04 Å². The maximum atomic E-state index is 13.3. The van der Waals surface area contributed by atoms with Crippen molar-refractivity contribution in [1.82, 2.24) is 19.7 Å². The van der Waals surface area contributed by atoms with Gasteiger partial charge in [0.15, 0.2) is 23.1 Å². The van der Waals surface area contributed by atoms with Crippen molar-refractivity contribution in [1.29, 1.82) is 0 Å². The Labute approximate surface area is 186 Å². The van der Waals surface area contributed by atoms with Gasteiger partial charge >= 0.3 is 0 Å². The molecule has 0 fully saturated rings. The van der Waals surface area contributed by atoms with Crippen molar-refractivity contribution in [3.05, 3.63) is 59.6 Å². The number of nitrogens with one attached hydrogen (secondary N) is 1. The van der Waals surface area contributed by atoms with Crippen molar-refractivity contribution in [3.63, 3.8) is 0 Å². The summed E-state index contributed by atoms with van der Waals surface area (Å²) in [6.45, 7) is 4.23. The number of Topliss-reactive ketones (excluding diaryl/α,β-unsaturated/α-hetero) is 1. The number of rotatable bonds is 4. The van der Waals surface area contributed by atoms with E-state index < -0.39 is 0 Å². The molecule has 0 radical (unpaired) electrons. The molecule has 0 spiro atoms. The molecule has 0 amide bonds. The van der Waals surface area contributed by atoms with Gasteiger partial charge in [0.25, 0.3) is 0 Å². The highest BCUT2D eigenvalue weighted by Gasteiger charge is 2.41. The number of ether oxygens (including phenoxy) is 2. The van der Waals surface area contributed by atoms with Crippen LogP contribution in [0.4, 0.5) is 5.95 Å². The molecule has 8 nitrogen and oxygen atoms in total. The van der Waals surface area contributed by atoms with Crippen molar-refractivity contribution in [3.8, 4) is 22.9 Å². The van der Waals surface area contributed by atoms with E-state index in [1.807, 2.05) is 30.3 Å². The molecule has 1 atom stereocenters. The lowest BCUT2D eigenvalue weighted by Gasteiger charge is -2.38. The van der Waals surface area contributed by atoms with Crippen LogP contribution in [0.15, 0.2) is 54.0 Å². The number of allylic oxidation sites excluding steroid dienone is 2. The Morgan fingerprint density at radius 3 is 2.53 bits per heavy atom. The lowest BCUT2D eigenvalue weighted by molar-refractivity contribution is -0.118. The van der Waals surface area contributed by atoms with E-state index in [1.165, 1.54) is 0 Å². The summed E-state index contributed by atoms with van der Waals surface area (Å²) in [7, 11) is 3.20. The summed E-state index contributed by atoms with van der Waals surface area (Å²) in [5, 5.41) is 8.21. The lowest BCUT2D eigenvalue weighted by atomic mass is 9.73. The normalized spacial score (nSPS) is 19.1. The zero-order chi connectivity index (χ0) is 22.5. The number of methoxy groups -OCH3 is 2. The third kappa shape index (κ3) is 3.32. The third-order valence-electron chi connectivity index (χ3n) is 6.00. The SMILES string of the molecule is COc1ccc(-c2nc3n(n2)C(c2ccncc2)C2=C(CC(C)(C)CC2=O)N3)cc1OC. The predicted octanol–water partition coefficient (Wildman–Crippen LogP) is 4.02. The first-order chi connectivity index (χ1) is 15.4. The Hall–Kier alpha value is -3.68. The van der Waals surface area contributed by atoms with Crippen LogP contribution in [0.3, 0.4) is 0 Å². The fourth-order valence-corrected chi connectivity index (χ4v) is 4.56. The standard InChI is InChI=1S/C24H25N5O3/c1-24(2)12-16-20(17(30)13-24)21(14-7-9-25-10-8-14)29-23(26-16)27-22(28-29)15-5-6-18(31-3)19(11-15)32-4/h5-11,21H,12-13H2,1-4H3,(H,26,27,28). The number of carbonyl (C=O) groups is 1. The van der Waals surface area contributed by atoms with Crippen LogP contribution in [0.2, 0.25) is 0 Å². The summed E-state index contributed by atoms with van der Waals surface area (Å²) >= 11 is 0. The number of aromatic nitrogens is 4. The molecule has 1 aliphatic heterocycles. The molecule has 5 rings (SSSR count). The van der Waals surface area contributed by atoms with Crippen molar-refractivity contribution in [2.45, 2.75) is 32.7 Å². The fourth-order valence-electron chi connectivity index (χ4n) is 4.56. The Balaban J connectivity index is 1.65. The van der Waals surface area contributed by atoms with Crippen LogP contribution in [-0.4, -0.2) is 39.8 Å². The van der Waals surface area contributed by atoms with Gasteiger partial charge in [-0.05, 0) is 47.7 Å². The topological polar surface area (TPSA) is 91.2 Å². The molecule has 32 heavy (non-hydrogen) atoms. The van der Waals surface area contributed by atoms with Gasteiger partial charge in [-0.25, -0.2) is 4.68 Å². The summed E-state index contributed by atoms with van der Waals surface area (Å²) in [6.07, 6.45) is 4.75. The molecule has 8 heteroatoms. The second-order valence-corrected chi connectivity index (χ2v) is 8.91. The Morgan fingerprint density at radius 1 is 1.06 bits per heavy atom. The quantitative estimate of drug-likeness (QED) is 0.667. The van der Waals surface area contributed by atoms with Crippen molar-refractivity contribution >= 4 is 11.7 Å². The number of anilines is 1. The minimum Gasteiger partial charge on any atom is -0.493 e. The van der Waals surface area contributed by atoms with Gasteiger partial charge in [0.05, 0.1) is 14.2 Å². The van der Waals surface area contributed by atoms with E-state index in [0.29, 0.717) is 29.7 Å². The first-order valence-electron chi connectivity index (χ1n) is 10.5. The summed E-state index contributed by atoms with van der Waals surface area (Å²) in [4.78, 5) is 22.2. The molecule has 1 aliphatic carbocycles. The Morgan fingerprint density at radius 2 is 1.81 bits per heavy atom. The highest BCUT2D eigenvalue weighted by molar-refractivity contribution is 6.00. The molecule has 0 saturated carbocycles. The summed E-state index contributed by atoms with van der Waals surface area (Å²) in [5.74, 6) is 2.53. The van der Waals surface area contributed by atoms with E-state index in [2.05, 4.69) is 24.1 Å². The number of benzene rings is 1. The van der Waals surface area contributed by atoms with E-state index in [1.54, 1.807) is 31.3 Å². The molecule has 3 aromatic rings. The lowest BCUT2D eigenvalue weighted by Crippen LogP contribution is -2.36. The van der Waals surface area contributed by atoms with Crippen molar-refractivity contribution in [2.75, 3.05) is 19.5 Å². The largest absolute Gasteiger partial charge is 0.493 e. The smallest absolute Gasteiger partial charge is 0.226 e. The summed E-state index contributed by atoms with van der Waals surface area (Å²) in [5.41, 5.74) is 3.32. The minimum atomic E-state index is -0.353. The Kier molecular flexibility index (Phi) is 4.73. The fraction of sp³-hybridized carbons (Fsp3) is 0.333. The molecule has 0 bridgehead atoms. The van der Waals surface area contributed by atoms with Gasteiger partial charge in [-0.1, -0.05) is 13.8 Å². The number of carbonyl (C=O) groups excluding carboxylic acids is 1. The van der Waals surface area contributed by atoms with E-state index in [4.69, 9.17) is 19.6 Å². The Bertz CT molecular complexity index is 1230. The number of pyridine rings is 1. The van der Waals surface area contributed by atoms with Crippen molar-refractivity contribution < 1.29 is 14.3 Å². The van der Waals surface area contributed by atoms with E-state index in [-0.39, 0.29) is 17.2 Å². The van der Waals surface area contributed by atoms with Crippen LogP contribution in [0.5, 0.6) is 11.5 Å². The molecule has 1 unspecified atom stereocenters. The summed E-state index contributed by atoms with van der Waals surface area (Å²) in [6, 6.07) is 9.07. The highest BCUT2D eigenvalue weighted by Crippen LogP contribution is 2.45. The minimum absolute atomic E-state index is 0.111. The highest BCUT2D eigenvalue weighted by atomic mass is 16.5. The molecule has 1 N–H and O–H groups in total. The van der Waals surface area contributed by atoms with Gasteiger partial charge in [0, 0.05) is 35.6 Å². The van der Waals surface area contributed by atoms with Crippen LogP contribution < -0.4 is 14.8 Å². The molecule has 2 aromatic heterocycles. The van der Waals surface area contributed by atoms with E-state index in [9.17, 15) is 4.79 Å². The second-order valence-electron chi connectivity index (χ2n) is 8.91. The number of ketones is 1. The van der Waals surface area contributed by atoms with E-state index in [0.717, 1.165) is 28.8 Å². The molecule has 3 heterocycles. The first kappa shape index (κ1) is 20.2. The van der Waals surface area contributed by atoms with Gasteiger partial charge in [-0.2, -0.15) is 4.98 Å². The van der Waals surface area contributed by atoms with Crippen LogP contribution in [0.25, 0.3) is 11.4 Å². The number of hydrogen-bond acceptors (Lipinski definition) is 7. The van der Waals surface area contributed by atoms with Crippen LogP contribution in [0, 0.1) is 5.41 Å². The zero-order valence-electron chi connectivity index (χ0n) is 18.5. The average molecular weight is 431 g/mol. The first-order valence-corrected chi connectivity index (χ1v) is 10.5. The molecule has 164 valence electrons. The predicted molar refractivity (Wildman–Crippen MR) is 120 cm³/mol. The number of fused-ring (bicyclic) bond motifs is 1. The molecular weight excluding hydrogens is 406 g/mol. The van der Waals surface area contributed by atoms with Gasteiger partial charge in [-0.3, -0.25) is 9.78 Å². The molecular formula is C24H25N5O3. The third-order valence-corrected chi connectivity index (χ3v) is 6.00. The average Bonchev–Trinajstić information content (AvgIpc) is 3.20. The van der Waals surface area contributed by atoms with Crippen molar-refractivity contribution in [2.24, 2.45) is 5.41 Å². The van der Waals surface area contributed by atoms with Gasteiger partial charge in [0.2, 0.25) is 5.95 Å². The number of hydrogen-bond donors (Lipinski definition) is 1.